The summed E-state index contributed by atoms with van der Waals surface area (Å²) >= 11 is 0. The summed E-state index contributed by atoms with van der Waals surface area (Å²) in [5.74, 6) is 0.891. The number of ether oxygens (including phenoxy) is 3. The van der Waals surface area contributed by atoms with Crippen molar-refractivity contribution in [2.45, 2.75) is 45.8 Å². The third-order valence-corrected chi connectivity index (χ3v) is 2.80. The molecule has 0 aliphatic rings. The molecule has 0 aromatic carbocycles. The Hall–Kier alpha value is -1.40. The average molecular weight is 297 g/mol. The molecular formula is C15H27N3O3. The second kappa shape index (κ2) is 8.14. The number of aromatic nitrogens is 2. The maximum absolute atomic E-state index is 5.88. The lowest BCUT2D eigenvalue weighted by Gasteiger charge is -2.25. The van der Waals surface area contributed by atoms with Crippen LogP contribution in [0.15, 0.2) is 6.20 Å². The van der Waals surface area contributed by atoms with E-state index in [1.165, 1.54) is 0 Å². The van der Waals surface area contributed by atoms with E-state index in [1.807, 2.05) is 20.8 Å². The number of hydrogen-bond donors (Lipinski definition) is 1. The third-order valence-electron chi connectivity index (χ3n) is 2.80. The number of methoxy groups -OCH3 is 2. The largest absolute Gasteiger partial charge is 0.480 e. The number of rotatable bonds is 8. The van der Waals surface area contributed by atoms with Gasteiger partial charge in [0.15, 0.2) is 0 Å². The minimum absolute atomic E-state index is 0.0717. The highest BCUT2D eigenvalue weighted by atomic mass is 16.5. The smallest absolute Gasteiger partial charge is 0.240 e. The van der Waals surface area contributed by atoms with Crippen molar-refractivity contribution in [2.24, 2.45) is 0 Å². The van der Waals surface area contributed by atoms with Crippen molar-refractivity contribution in [2.75, 3.05) is 27.4 Å². The predicted octanol–water partition coefficient (Wildman–Crippen LogP) is 2.35. The fourth-order valence-corrected chi connectivity index (χ4v) is 1.74. The van der Waals surface area contributed by atoms with Crippen molar-refractivity contribution >= 4 is 0 Å². The van der Waals surface area contributed by atoms with Crippen LogP contribution in [0.1, 0.15) is 45.9 Å². The molecule has 0 aliphatic carbocycles. The second-order valence-corrected chi connectivity index (χ2v) is 5.74. The first-order chi connectivity index (χ1) is 9.91. The maximum atomic E-state index is 5.88. The third kappa shape index (κ3) is 5.85. The van der Waals surface area contributed by atoms with E-state index >= 15 is 0 Å². The van der Waals surface area contributed by atoms with E-state index in [0.717, 1.165) is 18.7 Å². The number of hydrogen-bond acceptors (Lipinski definition) is 6. The van der Waals surface area contributed by atoms with E-state index < -0.39 is 0 Å². The molecule has 1 aromatic rings. The zero-order valence-electron chi connectivity index (χ0n) is 13.9. The molecule has 0 fully saturated rings. The van der Waals surface area contributed by atoms with Crippen LogP contribution in [0.2, 0.25) is 0 Å². The van der Waals surface area contributed by atoms with Gasteiger partial charge in [-0.15, -0.1) is 0 Å². The van der Waals surface area contributed by atoms with Crippen LogP contribution < -0.4 is 14.8 Å². The summed E-state index contributed by atoms with van der Waals surface area (Å²) in [6.07, 6.45) is 2.62. The molecule has 6 nitrogen and oxygen atoms in total. The monoisotopic (exact) mass is 297 g/mol. The molecule has 0 saturated heterocycles. The topological polar surface area (TPSA) is 65.5 Å². The first kappa shape index (κ1) is 17.7. The molecule has 0 bridgehead atoms. The van der Waals surface area contributed by atoms with Crippen molar-refractivity contribution < 1.29 is 14.2 Å². The van der Waals surface area contributed by atoms with Crippen LogP contribution in [0, 0.1) is 0 Å². The molecule has 0 spiro atoms. The van der Waals surface area contributed by atoms with Gasteiger partial charge in [-0.25, -0.2) is 4.98 Å². The van der Waals surface area contributed by atoms with Gasteiger partial charge >= 0.3 is 0 Å². The Morgan fingerprint density at radius 3 is 2.48 bits per heavy atom. The molecule has 6 heteroatoms. The highest BCUT2D eigenvalue weighted by molar-refractivity contribution is 5.25. The van der Waals surface area contributed by atoms with E-state index in [-0.39, 0.29) is 11.6 Å². The molecule has 1 unspecified atom stereocenters. The van der Waals surface area contributed by atoms with Crippen molar-refractivity contribution in [3.05, 3.63) is 11.9 Å². The molecular weight excluding hydrogens is 270 g/mol. The summed E-state index contributed by atoms with van der Waals surface area (Å²) in [6.45, 7) is 9.57. The zero-order valence-corrected chi connectivity index (χ0v) is 13.9. The van der Waals surface area contributed by atoms with Gasteiger partial charge in [0.25, 0.3) is 0 Å². The standard InChI is InChI=1S/C15H27N3O3/c1-7-8-16-11(10-21-15(2,3)4)13-14(20-6)18-12(19-5)9-17-13/h9,11,16H,7-8,10H2,1-6H3. The highest BCUT2D eigenvalue weighted by Crippen LogP contribution is 2.24. The SMILES string of the molecule is CCCNC(COC(C)(C)C)c1ncc(OC)nc1OC. The Labute approximate surface area is 127 Å². The summed E-state index contributed by atoms with van der Waals surface area (Å²) in [5.41, 5.74) is 0.523. The van der Waals surface area contributed by atoms with Gasteiger partial charge in [0.05, 0.1) is 38.7 Å². The molecule has 1 N–H and O–H groups in total. The van der Waals surface area contributed by atoms with E-state index in [4.69, 9.17) is 14.2 Å². The van der Waals surface area contributed by atoms with Crippen molar-refractivity contribution in [3.63, 3.8) is 0 Å². The van der Waals surface area contributed by atoms with Gasteiger partial charge in [-0.2, -0.15) is 4.98 Å². The summed E-state index contributed by atoms with van der Waals surface area (Å²) < 4.78 is 16.3. The Balaban J connectivity index is 2.95. The van der Waals surface area contributed by atoms with Crippen LogP contribution in [0.5, 0.6) is 11.8 Å². The van der Waals surface area contributed by atoms with Gasteiger partial charge in [-0.05, 0) is 33.7 Å². The highest BCUT2D eigenvalue weighted by Gasteiger charge is 2.22. The maximum Gasteiger partial charge on any atom is 0.240 e. The molecule has 21 heavy (non-hydrogen) atoms. The van der Waals surface area contributed by atoms with Crippen LogP contribution in [0.3, 0.4) is 0 Å². The molecule has 1 aromatic heterocycles. The summed E-state index contributed by atoms with van der Waals surface area (Å²) in [6, 6.07) is -0.0717. The predicted molar refractivity (Wildman–Crippen MR) is 81.9 cm³/mol. The van der Waals surface area contributed by atoms with Crippen LogP contribution in [0.4, 0.5) is 0 Å². The molecule has 1 atom stereocenters. The second-order valence-electron chi connectivity index (χ2n) is 5.74. The average Bonchev–Trinajstić information content (AvgIpc) is 2.46. The van der Waals surface area contributed by atoms with Gasteiger partial charge in [0.1, 0.15) is 5.69 Å². The van der Waals surface area contributed by atoms with Crippen LogP contribution in [-0.2, 0) is 4.74 Å². The summed E-state index contributed by atoms with van der Waals surface area (Å²) in [4.78, 5) is 8.70. The quantitative estimate of drug-likeness (QED) is 0.794. The molecule has 1 heterocycles. The van der Waals surface area contributed by atoms with Gasteiger partial charge in [-0.3, -0.25) is 0 Å². The first-order valence-electron chi connectivity index (χ1n) is 7.23. The van der Waals surface area contributed by atoms with Crippen molar-refractivity contribution in [1.29, 1.82) is 0 Å². The fourth-order valence-electron chi connectivity index (χ4n) is 1.74. The van der Waals surface area contributed by atoms with Crippen molar-refractivity contribution in [1.82, 2.24) is 15.3 Å². The van der Waals surface area contributed by atoms with Gasteiger partial charge in [0.2, 0.25) is 11.8 Å². The van der Waals surface area contributed by atoms with E-state index in [2.05, 4.69) is 22.2 Å². The van der Waals surface area contributed by atoms with Gasteiger partial charge in [-0.1, -0.05) is 6.92 Å². The lowest BCUT2D eigenvalue weighted by molar-refractivity contribution is -0.0156. The molecule has 0 saturated carbocycles. The molecule has 0 aliphatic heterocycles. The minimum Gasteiger partial charge on any atom is -0.480 e. The van der Waals surface area contributed by atoms with E-state index in [0.29, 0.717) is 18.4 Å². The molecule has 0 amide bonds. The van der Waals surface area contributed by atoms with Gasteiger partial charge < -0.3 is 19.5 Å². The first-order valence-corrected chi connectivity index (χ1v) is 7.23. The molecule has 1 rings (SSSR count). The molecule has 0 radical (unpaired) electrons. The van der Waals surface area contributed by atoms with Crippen LogP contribution in [0.25, 0.3) is 0 Å². The lowest BCUT2D eigenvalue weighted by atomic mass is 10.1. The summed E-state index contributed by atoms with van der Waals surface area (Å²) in [5, 5.41) is 3.42. The lowest BCUT2D eigenvalue weighted by Crippen LogP contribution is -2.31. The van der Waals surface area contributed by atoms with Crippen LogP contribution >= 0.6 is 0 Å². The number of nitrogens with zero attached hydrogens (tertiary/aromatic N) is 2. The van der Waals surface area contributed by atoms with E-state index in [9.17, 15) is 0 Å². The summed E-state index contributed by atoms with van der Waals surface area (Å²) in [7, 11) is 3.13. The number of nitrogens with one attached hydrogen (secondary N) is 1. The van der Waals surface area contributed by atoms with Crippen molar-refractivity contribution in [3.8, 4) is 11.8 Å². The Bertz CT molecular complexity index is 433. The van der Waals surface area contributed by atoms with Gasteiger partial charge in [0, 0.05) is 0 Å². The minimum atomic E-state index is -0.209. The van der Waals surface area contributed by atoms with E-state index in [1.54, 1.807) is 20.4 Å². The Morgan fingerprint density at radius 1 is 1.24 bits per heavy atom. The Kier molecular flexibility index (Phi) is 6.84. The van der Waals surface area contributed by atoms with Crippen LogP contribution in [-0.4, -0.2) is 42.9 Å². The molecule has 120 valence electrons. The zero-order chi connectivity index (χ0) is 15.9. The normalized spacial score (nSPS) is 13.0. The Morgan fingerprint density at radius 2 is 1.95 bits per heavy atom. The fraction of sp³-hybridized carbons (Fsp3) is 0.733.